The van der Waals surface area contributed by atoms with Crippen molar-refractivity contribution in [2.45, 2.75) is 12.7 Å². The van der Waals surface area contributed by atoms with Gasteiger partial charge in [0.05, 0.1) is 5.56 Å². The zero-order valence-corrected chi connectivity index (χ0v) is 13.8. The molecule has 7 heteroatoms. The molecule has 0 spiro atoms. The van der Waals surface area contributed by atoms with Crippen molar-refractivity contribution < 1.29 is 22.5 Å². The molecular weight excluding hydrogens is 353 g/mol. The molecule has 0 fully saturated rings. The molecule has 0 saturated carbocycles. The highest BCUT2D eigenvalue weighted by Gasteiger charge is 2.30. The number of nitrogens with one attached hydrogen (secondary N) is 1. The number of benzene rings is 2. The van der Waals surface area contributed by atoms with Gasteiger partial charge in [0.15, 0.2) is 12.4 Å². The number of rotatable bonds is 3. The number of hydrogen-bond donors (Lipinski definition) is 1. The van der Waals surface area contributed by atoms with E-state index < -0.39 is 17.6 Å². The van der Waals surface area contributed by atoms with Crippen LogP contribution in [0.5, 0.6) is 0 Å². The second-order valence-corrected chi connectivity index (χ2v) is 5.37. The van der Waals surface area contributed by atoms with E-state index >= 15 is 0 Å². The number of anilines is 1. The molecule has 3 nitrogen and oxygen atoms in total. The number of pyridine rings is 1. The molecule has 0 aliphatic carbocycles. The Balaban J connectivity index is 0.00000225. The molecule has 1 aromatic heterocycles. The smallest absolute Gasteiger partial charge is 0.321 e. The Labute approximate surface area is 148 Å². The first-order valence-electron chi connectivity index (χ1n) is 7.27. The quantitative estimate of drug-likeness (QED) is 0.691. The van der Waals surface area contributed by atoms with Gasteiger partial charge in [0, 0.05) is 17.1 Å². The van der Waals surface area contributed by atoms with Crippen LogP contribution in [0.1, 0.15) is 5.56 Å². The molecule has 0 saturated heterocycles. The predicted molar refractivity (Wildman–Crippen MR) is 91.5 cm³/mol. The molecule has 1 heterocycles. The second-order valence-electron chi connectivity index (χ2n) is 5.37. The molecular formula is C18H15ClF3N2O+. The summed E-state index contributed by atoms with van der Waals surface area (Å²) in [6.07, 6.45) is -0.858. The Hall–Kier alpha value is -2.60. The van der Waals surface area contributed by atoms with Crippen LogP contribution in [0.2, 0.25) is 0 Å². The van der Waals surface area contributed by atoms with E-state index in [4.69, 9.17) is 0 Å². The van der Waals surface area contributed by atoms with Crippen molar-refractivity contribution in [2.24, 2.45) is 0 Å². The first-order valence-corrected chi connectivity index (χ1v) is 7.27. The Morgan fingerprint density at radius 1 is 1.00 bits per heavy atom. The van der Waals surface area contributed by atoms with Crippen LogP contribution >= 0.6 is 12.4 Å². The molecule has 3 rings (SSSR count). The summed E-state index contributed by atoms with van der Waals surface area (Å²) in [5.41, 5.74) is -0.671. The van der Waals surface area contributed by atoms with E-state index in [-0.39, 0.29) is 24.6 Å². The fourth-order valence-corrected chi connectivity index (χ4v) is 2.42. The third kappa shape index (κ3) is 4.70. The summed E-state index contributed by atoms with van der Waals surface area (Å²) in [6, 6.07) is 14.2. The molecule has 130 valence electrons. The van der Waals surface area contributed by atoms with Crippen molar-refractivity contribution in [1.82, 2.24) is 0 Å². The van der Waals surface area contributed by atoms with Crippen LogP contribution in [-0.4, -0.2) is 5.91 Å². The summed E-state index contributed by atoms with van der Waals surface area (Å²) in [5.74, 6) is -0.394. The lowest BCUT2D eigenvalue weighted by atomic mass is 10.2. The predicted octanol–water partition coefficient (Wildman–Crippen LogP) is 4.21. The molecule has 0 aliphatic heterocycles. The number of hydrogen-bond acceptors (Lipinski definition) is 1. The average Bonchev–Trinajstić information content (AvgIpc) is 2.54. The fraction of sp³-hybridized carbons (Fsp3) is 0.111. The normalized spacial score (nSPS) is 11.0. The first kappa shape index (κ1) is 18.7. The maximum absolute atomic E-state index is 12.7. The van der Waals surface area contributed by atoms with Crippen LogP contribution in [0.25, 0.3) is 10.8 Å². The maximum Gasteiger partial charge on any atom is 0.416 e. The lowest BCUT2D eigenvalue weighted by Gasteiger charge is -2.09. The molecule has 1 amide bonds. The highest BCUT2D eigenvalue weighted by atomic mass is 35.5. The fourth-order valence-electron chi connectivity index (χ4n) is 2.42. The van der Waals surface area contributed by atoms with Crippen molar-refractivity contribution in [3.05, 3.63) is 72.6 Å². The number of nitrogens with zero attached hydrogens (tertiary/aromatic N) is 1. The van der Waals surface area contributed by atoms with E-state index in [1.165, 1.54) is 12.1 Å². The van der Waals surface area contributed by atoms with Gasteiger partial charge >= 0.3 is 6.18 Å². The number of aromatic nitrogens is 1. The maximum atomic E-state index is 12.7. The van der Waals surface area contributed by atoms with Gasteiger partial charge in [-0.1, -0.05) is 24.3 Å². The van der Waals surface area contributed by atoms with Crippen molar-refractivity contribution in [3.8, 4) is 0 Å². The zero-order valence-electron chi connectivity index (χ0n) is 13.0. The van der Waals surface area contributed by atoms with Crippen LogP contribution in [0.3, 0.4) is 0 Å². The lowest BCUT2D eigenvalue weighted by Crippen LogP contribution is -2.39. The van der Waals surface area contributed by atoms with E-state index in [2.05, 4.69) is 5.32 Å². The van der Waals surface area contributed by atoms with Gasteiger partial charge in [-0.05, 0) is 29.7 Å². The van der Waals surface area contributed by atoms with E-state index in [1.807, 2.05) is 36.5 Å². The SMILES string of the molecule is Cl.O=C(C[n+]1ccc2ccccc2c1)Nc1cccc(C(F)(F)F)c1. The van der Waals surface area contributed by atoms with Crippen molar-refractivity contribution >= 4 is 34.8 Å². The van der Waals surface area contributed by atoms with Crippen LogP contribution < -0.4 is 9.88 Å². The molecule has 25 heavy (non-hydrogen) atoms. The Bertz CT molecular complexity index is 897. The van der Waals surface area contributed by atoms with Crippen LogP contribution in [0.4, 0.5) is 18.9 Å². The summed E-state index contributed by atoms with van der Waals surface area (Å²) in [7, 11) is 0. The summed E-state index contributed by atoms with van der Waals surface area (Å²) in [6.45, 7) is 0.0150. The summed E-state index contributed by atoms with van der Waals surface area (Å²) in [5, 5.41) is 4.52. The Morgan fingerprint density at radius 2 is 1.72 bits per heavy atom. The molecule has 1 N–H and O–H groups in total. The van der Waals surface area contributed by atoms with Gasteiger partial charge < -0.3 is 5.32 Å². The van der Waals surface area contributed by atoms with E-state index in [1.54, 1.807) is 10.8 Å². The topological polar surface area (TPSA) is 33.0 Å². The Morgan fingerprint density at radius 3 is 2.44 bits per heavy atom. The minimum absolute atomic E-state index is 0. The Kier molecular flexibility index (Phi) is 5.64. The van der Waals surface area contributed by atoms with Gasteiger partial charge in [-0.25, -0.2) is 0 Å². The average molecular weight is 368 g/mol. The van der Waals surface area contributed by atoms with Crippen LogP contribution in [-0.2, 0) is 17.5 Å². The number of fused-ring (bicyclic) bond motifs is 1. The third-order valence-electron chi connectivity index (χ3n) is 3.55. The van der Waals surface area contributed by atoms with Crippen molar-refractivity contribution in [2.75, 3.05) is 5.32 Å². The summed E-state index contributed by atoms with van der Waals surface area (Å²) >= 11 is 0. The number of carbonyl (C=O) groups excluding carboxylic acids is 1. The van der Waals surface area contributed by atoms with Crippen molar-refractivity contribution in [1.29, 1.82) is 0 Å². The minimum atomic E-state index is -4.44. The van der Waals surface area contributed by atoms with Gasteiger partial charge in [-0.15, -0.1) is 12.4 Å². The molecule has 0 aliphatic rings. The lowest BCUT2D eigenvalue weighted by molar-refractivity contribution is -0.682. The van der Waals surface area contributed by atoms with Gasteiger partial charge in [0.1, 0.15) is 0 Å². The molecule has 3 aromatic rings. The van der Waals surface area contributed by atoms with E-state index in [0.29, 0.717) is 0 Å². The van der Waals surface area contributed by atoms with Gasteiger partial charge in [-0.2, -0.15) is 17.7 Å². The number of halogens is 4. The second kappa shape index (κ2) is 7.53. The number of alkyl halides is 3. The van der Waals surface area contributed by atoms with Gasteiger partial charge in [0.25, 0.3) is 5.91 Å². The molecule has 2 aromatic carbocycles. The van der Waals surface area contributed by atoms with Crippen molar-refractivity contribution in [3.63, 3.8) is 0 Å². The third-order valence-corrected chi connectivity index (χ3v) is 3.55. The molecule has 0 unspecified atom stereocenters. The molecule has 0 atom stereocenters. The largest absolute Gasteiger partial charge is 0.416 e. The molecule has 0 bridgehead atoms. The first-order chi connectivity index (χ1) is 11.4. The molecule has 0 radical (unpaired) electrons. The summed E-state index contributed by atoms with van der Waals surface area (Å²) in [4.78, 5) is 12.1. The summed E-state index contributed by atoms with van der Waals surface area (Å²) < 4.78 is 39.7. The van der Waals surface area contributed by atoms with E-state index in [0.717, 1.165) is 22.9 Å². The van der Waals surface area contributed by atoms with Crippen LogP contribution in [0.15, 0.2) is 67.0 Å². The zero-order chi connectivity index (χ0) is 17.2. The van der Waals surface area contributed by atoms with Crippen LogP contribution in [0, 0.1) is 0 Å². The highest BCUT2D eigenvalue weighted by Crippen LogP contribution is 2.30. The van der Waals surface area contributed by atoms with Gasteiger partial charge in [-0.3, -0.25) is 4.79 Å². The monoisotopic (exact) mass is 367 g/mol. The van der Waals surface area contributed by atoms with E-state index in [9.17, 15) is 18.0 Å². The number of carbonyl (C=O) groups is 1. The highest BCUT2D eigenvalue weighted by molar-refractivity contribution is 5.90. The standard InChI is InChI=1S/C18H13F3N2O.ClH/c19-18(20,21)15-6-3-7-16(10-15)22-17(24)12-23-9-8-13-4-1-2-5-14(13)11-23;/h1-11H,12H2;1H/p+1. The number of amides is 1. The minimum Gasteiger partial charge on any atom is -0.321 e. The van der Waals surface area contributed by atoms with Gasteiger partial charge in [0.2, 0.25) is 6.54 Å².